The van der Waals surface area contributed by atoms with Crippen LogP contribution in [0.3, 0.4) is 0 Å². The van der Waals surface area contributed by atoms with Crippen molar-refractivity contribution in [1.82, 2.24) is 10.2 Å². The molecule has 6 heteroatoms. The summed E-state index contributed by atoms with van der Waals surface area (Å²) in [6.45, 7) is 4.26. The second kappa shape index (κ2) is 11.2. The van der Waals surface area contributed by atoms with Crippen molar-refractivity contribution in [2.45, 2.75) is 51.6 Å². The van der Waals surface area contributed by atoms with Crippen molar-refractivity contribution in [1.29, 1.82) is 0 Å². The third-order valence-electron chi connectivity index (χ3n) is 3.91. The monoisotopic (exact) mass is 353 g/mol. The van der Waals surface area contributed by atoms with Gasteiger partial charge < -0.3 is 11.1 Å². The van der Waals surface area contributed by atoms with Gasteiger partial charge in [0.05, 0.1) is 6.04 Å². The number of carbonyl (C=O) groups is 2. The summed E-state index contributed by atoms with van der Waals surface area (Å²) in [6, 6.07) is 8.58. The minimum absolute atomic E-state index is 0.0162. The molecule has 0 aromatic heterocycles. The lowest BCUT2D eigenvalue weighted by molar-refractivity contribution is -0.130. The number of hydrogen-bond acceptors (Lipinski definition) is 4. The van der Waals surface area contributed by atoms with Crippen LogP contribution in [0.15, 0.2) is 30.3 Å². The first-order chi connectivity index (χ1) is 11.5. The molecule has 134 valence electrons. The molecule has 1 rings (SSSR count). The predicted octanol–water partition coefficient (Wildman–Crippen LogP) is 2.18. The molecule has 0 bridgehead atoms. The Morgan fingerprint density at radius 3 is 2.33 bits per heavy atom. The van der Waals surface area contributed by atoms with E-state index in [-0.39, 0.29) is 17.6 Å². The number of unbranched alkanes of at least 4 members (excludes halogenated alkanes) is 1. The van der Waals surface area contributed by atoms with Crippen LogP contribution >= 0.6 is 11.8 Å². The Bertz CT molecular complexity index is 508. The first kappa shape index (κ1) is 20.6. The zero-order valence-corrected chi connectivity index (χ0v) is 15.2. The molecule has 0 aliphatic heterocycles. The van der Waals surface area contributed by atoms with E-state index in [2.05, 4.69) is 10.2 Å². The summed E-state index contributed by atoms with van der Waals surface area (Å²) in [5.74, 6) is -0.391. The molecule has 0 saturated heterocycles. The molecular weight excluding hydrogens is 326 g/mol. The molecule has 0 aliphatic carbocycles. The van der Waals surface area contributed by atoms with Gasteiger partial charge in [-0.2, -0.15) is 0 Å². The van der Waals surface area contributed by atoms with E-state index in [1.807, 2.05) is 44.2 Å². The lowest BCUT2D eigenvalue weighted by Gasteiger charge is -2.22. The van der Waals surface area contributed by atoms with Gasteiger partial charge in [0, 0.05) is 5.92 Å². The van der Waals surface area contributed by atoms with Crippen molar-refractivity contribution >= 4 is 23.5 Å². The van der Waals surface area contributed by atoms with Crippen LogP contribution in [0.2, 0.25) is 0 Å². The second-order valence-electron chi connectivity index (χ2n) is 6.25. The van der Waals surface area contributed by atoms with Crippen LogP contribution in [0.5, 0.6) is 0 Å². The van der Waals surface area contributed by atoms with Crippen LogP contribution in [-0.2, 0) is 16.0 Å². The quantitative estimate of drug-likeness (QED) is 0.420. The number of amides is 1. The van der Waals surface area contributed by atoms with Crippen LogP contribution in [0.1, 0.15) is 38.7 Å². The van der Waals surface area contributed by atoms with Gasteiger partial charge in [-0.15, -0.1) is 0 Å². The summed E-state index contributed by atoms with van der Waals surface area (Å²) < 4.78 is 0. The summed E-state index contributed by atoms with van der Waals surface area (Å²) in [5, 5.41) is 2.86. The molecule has 0 spiro atoms. The summed E-state index contributed by atoms with van der Waals surface area (Å²) in [4.78, 5) is 27.4. The smallest absolute Gasteiger partial charge is 0.238 e. The van der Waals surface area contributed by atoms with Gasteiger partial charge in [-0.05, 0) is 43.1 Å². The Morgan fingerprint density at radius 1 is 1.12 bits per heavy atom. The van der Waals surface area contributed by atoms with Crippen molar-refractivity contribution in [3.63, 3.8) is 0 Å². The maximum Gasteiger partial charge on any atom is 0.238 e. The maximum absolute atomic E-state index is 12.5. The van der Waals surface area contributed by atoms with E-state index in [1.54, 1.807) is 0 Å². The standard InChI is InChI=1S/C18H28ClN3O2/c1-13(2)17(23)16(12-14-8-4-3-5-9-14)21-18(24)15(22-19)10-6-7-11-20/h3-5,8-9,13,15-16,22H,6-7,10-12,20H2,1-2H3,(H,21,24)/t15?,16-/m0/s1. The summed E-state index contributed by atoms with van der Waals surface area (Å²) >= 11 is 5.70. The number of Topliss-reactive ketones (excluding diaryl/α,β-unsaturated/α-hetero) is 1. The Balaban J connectivity index is 2.75. The van der Waals surface area contributed by atoms with Crippen LogP contribution in [0, 0.1) is 5.92 Å². The SMILES string of the molecule is CC(C)C(=O)[C@H](Cc1ccccc1)NC(=O)C(CCCCN)NCl. The fraction of sp³-hybridized carbons (Fsp3) is 0.556. The number of carbonyl (C=O) groups excluding carboxylic acids is 2. The number of benzene rings is 1. The van der Waals surface area contributed by atoms with Crippen molar-refractivity contribution in [2.24, 2.45) is 11.7 Å². The fourth-order valence-electron chi connectivity index (χ4n) is 2.48. The molecule has 1 unspecified atom stereocenters. The highest BCUT2D eigenvalue weighted by atomic mass is 35.5. The number of nitrogens with one attached hydrogen (secondary N) is 2. The lowest BCUT2D eigenvalue weighted by atomic mass is 9.95. The van der Waals surface area contributed by atoms with Crippen LogP contribution < -0.4 is 15.9 Å². The Hall–Kier alpha value is -1.43. The highest BCUT2D eigenvalue weighted by molar-refractivity contribution is 6.15. The summed E-state index contributed by atoms with van der Waals surface area (Å²) in [7, 11) is 0. The van der Waals surface area contributed by atoms with Crippen molar-refractivity contribution in [3.05, 3.63) is 35.9 Å². The van der Waals surface area contributed by atoms with Crippen LogP contribution in [0.25, 0.3) is 0 Å². The first-order valence-corrected chi connectivity index (χ1v) is 8.81. The molecule has 1 aromatic rings. The molecule has 1 aromatic carbocycles. The predicted molar refractivity (Wildman–Crippen MR) is 97.6 cm³/mol. The zero-order chi connectivity index (χ0) is 17.9. The van der Waals surface area contributed by atoms with Gasteiger partial charge in [-0.1, -0.05) is 50.6 Å². The average molecular weight is 354 g/mol. The number of hydrogen-bond donors (Lipinski definition) is 3. The number of rotatable bonds is 11. The highest BCUT2D eigenvalue weighted by Crippen LogP contribution is 2.10. The van der Waals surface area contributed by atoms with Gasteiger partial charge in [0.2, 0.25) is 5.91 Å². The van der Waals surface area contributed by atoms with Gasteiger partial charge >= 0.3 is 0 Å². The molecule has 24 heavy (non-hydrogen) atoms. The molecule has 5 nitrogen and oxygen atoms in total. The van der Waals surface area contributed by atoms with Gasteiger partial charge in [-0.25, -0.2) is 4.84 Å². The molecule has 0 saturated carbocycles. The number of halogens is 1. The Labute approximate surface area is 149 Å². The minimum atomic E-state index is -0.554. The van der Waals surface area contributed by atoms with E-state index in [0.717, 1.165) is 18.4 Å². The maximum atomic E-state index is 12.5. The van der Waals surface area contributed by atoms with Gasteiger partial charge in [0.25, 0.3) is 0 Å². The summed E-state index contributed by atoms with van der Waals surface area (Å²) in [5.41, 5.74) is 6.48. The Morgan fingerprint density at radius 2 is 1.79 bits per heavy atom. The summed E-state index contributed by atoms with van der Waals surface area (Å²) in [6.07, 6.45) is 2.69. The third kappa shape index (κ3) is 6.99. The van der Waals surface area contributed by atoms with Crippen molar-refractivity contribution in [2.75, 3.05) is 6.54 Å². The zero-order valence-electron chi connectivity index (χ0n) is 14.4. The third-order valence-corrected chi connectivity index (χ3v) is 4.17. The first-order valence-electron chi connectivity index (χ1n) is 8.43. The minimum Gasteiger partial charge on any atom is -0.345 e. The Kier molecular flexibility index (Phi) is 9.60. The molecule has 1 amide bonds. The number of nitrogens with two attached hydrogens (primary N) is 1. The normalized spacial score (nSPS) is 13.5. The average Bonchev–Trinajstić information content (AvgIpc) is 2.58. The molecule has 0 fully saturated rings. The van der Waals surface area contributed by atoms with E-state index in [4.69, 9.17) is 17.5 Å². The van der Waals surface area contributed by atoms with Gasteiger partial charge in [0.1, 0.15) is 6.04 Å². The van der Waals surface area contributed by atoms with Crippen LogP contribution in [-0.4, -0.2) is 30.3 Å². The van der Waals surface area contributed by atoms with Crippen molar-refractivity contribution < 1.29 is 9.59 Å². The molecule has 0 radical (unpaired) electrons. The molecule has 4 N–H and O–H groups in total. The topological polar surface area (TPSA) is 84.2 Å². The van der Waals surface area contributed by atoms with E-state index in [9.17, 15) is 9.59 Å². The second-order valence-corrected chi connectivity index (χ2v) is 6.47. The molecule has 0 aliphatic rings. The molecular formula is C18H28ClN3O2. The van der Waals surface area contributed by atoms with Crippen LogP contribution in [0.4, 0.5) is 0 Å². The highest BCUT2D eigenvalue weighted by Gasteiger charge is 2.26. The van der Waals surface area contributed by atoms with E-state index >= 15 is 0 Å². The lowest BCUT2D eigenvalue weighted by Crippen LogP contribution is -2.50. The van der Waals surface area contributed by atoms with E-state index in [1.165, 1.54) is 0 Å². The fourth-order valence-corrected chi connectivity index (χ4v) is 2.68. The van der Waals surface area contributed by atoms with Gasteiger partial charge in [-0.3, -0.25) is 9.59 Å². The number of ketones is 1. The van der Waals surface area contributed by atoms with E-state index in [0.29, 0.717) is 19.4 Å². The van der Waals surface area contributed by atoms with Gasteiger partial charge in [0.15, 0.2) is 5.78 Å². The molecule has 2 atom stereocenters. The van der Waals surface area contributed by atoms with E-state index < -0.39 is 12.1 Å². The molecule has 0 heterocycles. The largest absolute Gasteiger partial charge is 0.345 e. The van der Waals surface area contributed by atoms with Crippen molar-refractivity contribution in [3.8, 4) is 0 Å².